The molecular formula is C20H26ClN9O. The summed E-state index contributed by atoms with van der Waals surface area (Å²) in [4.78, 5) is 39.6. The number of halogens is 1. The first-order chi connectivity index (χ1) is 14.7. The molecule has 0 spiro atoms. The van der Waals surface area contributed by atoms with Gasteiger partial charge in [-0.25, -0.2) is 24.9 Å². The Morgan fingerprint density at radius 3 is 2.90 bits per heavy atom. The molecule has 1 atom stereocenters. The molecule has 4 heterocycles. The van der Waals surface area contributed by atoms with Gasteiger partial charge in [-0.3, -0.25) is 9.69 Å². The number of imidazole rings is 1. The van der Waals surface area contributed by atoms with E-state index in [0.29, 0.717) is 18.7 Å². The predicted molar refractivity (Wildman–Crippen MR) is 118 cm³/mol. The number of hydrogen-bond donors (Lipinski definition) is 3. The zero-order valence-electron chi connectivity index (χ0n) is 17.8. The van der Waals surface area contributed by atoms with Gasteiger partial charge < -0.3 is 16.0 Å². The minimum Gasteiger partial charge on any atom is -0.382 e. The minimum absolute atomic E-state index is 0.0230. The fourth-order valence-corrected chi connectivity index (χ4v) is 3.80. The molecule has 0 bridgehead atoms. The number of anilines is 1. The summed E-state index contributed by atoms with van der Waals surface area (Å²) in [5.74, 6) is 1.34. The van der Waals surface area contributed by atoms with Crippen molar-refractivity contribution in [2.45, 2.75) is 51.6 Å². The highest BCUT2D eigenvalue weighted by atomic mass is 35.5. The zero-order valence-corrected chi connectivity index (χ0v) is 18.6. The van der Waals surface area contributed by atoms with Crippen LogP contribution in [0.25, 0.3) is 11.2 Å². The highest BCUT2D eigenvalue weighted by Crippen LogP contribution is 2.21. The van der Waals surface area contributed by atoms with Crippen LogP contribution in [-0.4, -0.2) is 59.8 Å². The molecule has 1 unspecified atom stereocenters. The molecule has 1 aliphatic rings. The molecule has 3 aromatic heterocycles. The highest BCUT2D eigenvalue weighted by Gasteiger charge is 2.25. The second-order valence-electron chi connectivity index (χ2n) is 8.83. The summed E-state index contributed by atoms with van der Waals surface area (Å²) in [5, 5.41) is 3.08. The molecule has 1 fully saturated rings. The normalized spacial score (nSPS) is 17.7. The van der Waals surface area contributed by atoms with Crippen LogP contribution in [0.15, 0.2) is 12.5 Å². The van der Waals surface area contributed by atoms with E-state index < -0.39 is 0 Å². The van der Waals surface area contributed by atoms with Crippen molar-refractivity contribution in [2.75, 3.05) is 18.8 Å². The van der Waals surface area contributed by atoms with E-state index >= 15 is 0 Å². The van der Waals surface area contributed by atoms with Gasteiger partial charge in [-0.05, 0) is 19.4 Å². The molecule has 0 radical (unpaired) electrons. The van der Waals surface area contributed by atoms with Crippen LogP contribution in [0.1, 0.15) is 55.8 Å². The van der Waals surface area contributed by atoms with E-state index in [1.165, 1.54) is 6.33 Å². The summed E-state index contributed by atoms with van der Waals surface area (Å²) in [7, 11) is 0. The fraction of sp³-hybridized carbons (Fsp3) is 0.500. The summed E-state index contributed by atoms with van der Waals surface area (Å²) in [6, 6.07) is -0.0230. The van der Waals surface area contributed by atoms with Crippen molar-refractivity contribution >= 4 is 34.5 Å². The monoisotopic (exact) mass is 443 g/mol. The molecule has 31 heavy (non-hydrogen) atoms. The third-order valence-corrected chi connectivity index (χ3v) is 5.58. The molecule has 0 aliphatic carbocycles. The maximum atomic E-state index is 12.6. The Kier molecular flexibility index (Phi) is 5.76. The van der Waals surface area contributed by atoms with E-state index in [2.05, 4.69) is 60.9 Å². The van der Waals surface area contributed by atoms with Crippen LogP contribution in [0, 0.1) is 0 Å². The van der Waals surface area contributed by atoms with Crippen LogP contribution >= 0.6 is 11.6 Å². The number of nitrogens with zero attached hydrogens (tertiary/aromatic N) is 6. The Hall–Kier alpha value is -2.85. The third kappa shape index (κ3) is 4.75. The van der Waals surface area contributed by atoms with Gasteiger partial charge in [0.1, 0.15) is 34.3 Å². The largest absolute Gasteiger partial charge is 0.382 e. The van der Waals surface area contributed by atoms with Crippen molar-refractivity contribution in [3.8, 4) is 0 Å². The number of H-pyrrole nitrogens is 1. The summed E-state index contributed by atoms with van der Waals surface area (Å²) in [6.45, 7) is 8.48. The molecule has 4 N–H and O–H groups in total. The number of likely N-dealkylation sites (tertiary alicyclic amines) is 1. The number of aromatic nitrogens is 6. The van der Waals surface area contributed by atoms with Gasteiger partial charge in [0.05, 0.1) is 12.7 Å². The van der Waals surface area contributed by atoms with E-state index in [1.54, 1.807) is 6.20 Å². The van der Waals surface area contributed by atoms with Crippen LogP contribution in [0.3, 0.4) is 0 Å². The first-order valence-electron chi connectivity index (χ1n) is 10.2. The maximum Gasteiger partial charge on any atom is 0.271 e. The van der Waals surface area contributed by atoms with Crippen LogP contribution in [-0.2, 0) is 12.0 Å². The third-order valence-electron chi connectivity index (χ3n) is 5.20. The first-order valence-corrected chi connectivity index (χ1v) is 10.6. The van der Waals surface area contributed by atoms with E-state index in [1.807, 2.05) is 0 Å². The van der Waals surface area contributed by atoms with Gasteiger partial charge in [0.2, 0.25) is 0 Å². The Balaban J connectivity index is 1.42. The molecule has 164 valence electrons. The summed E-state index contributed by atoms with van der Waals surface area (Å²) < 4.78 is 0. The van der Waals surface area contributed by atoms with Crippen molar-refractivity contribution in [3.05, 3.63) is 34.9 Å². The Bertz CT molecular complexity index is 1110. The van der Waals surface area contributed by atoms with Gasteiger partial charge in [0.15, 0.2) is 11.3 Å². The number of piperidine rings is 1. The lowest BCUT2D eigenvalue weighted by Gasteiger charge is -2.32. The average molecular weight is 444 g/mol. The number of nitrogens with two attached hydrogens (primary N) is 1. The number of hydrogen-bond acceptors (Lipinski definition) is 8. The minimum atomic E-state index is -0.348. The molecule has 0 aromatic carbocycles. The predicted octanol–water partition coefficient (Wildman–Crippen LogP) is 2.07. The van der Waals surface area contributed by atoms with Crippen LogP contribution in [0.5, 0.6) is 0 Å². The fourth-order valence-electron chi connectivity index (χ4n) is 3.62. The maximum absolute atomic E-state index is 12.6. The quantitative estimate of drug-likeness (QED) is 0.556. The van der Waals surface area contributed by atoms with E-state index in [-0.39, 0.29) is 33.9 Å². The number of aromatic amines is 1. The molecule has 1 aliphatic heterocycles. The highest BCUT2D eigenvalue weighted by molar-refractivity contribution is 6.35. The lowest BCUT2D eigenvalue weighted by atomic mass is 9.96. The zero-order chi connectivity index (χ0) is 22.2. The van der Waals surface area contributed by atoms with E-state index in [0.717, 1.165) is 36.6 Å². The van der Waals surface area contributed by atoms with Crippen LogP contribution < -0.4 is 11.1 Å². The number of nitrogen functional groups attached to an aromatic ring is 1. The molecule has 10 nitrogen and oxygen atoms in total. The Morgan fingerprint density at radius 2 is 2.13 bits per heavy atom. The van der Waals surface area contributed by atoms with Gasteiger partial charge in [0.25, 0.3) is 5.91 Å². The number of carbonyl (C=O) groups is 1. The second-order valence-corrected chi connectivity index (χ2v) is 9.21. The molecule has 4 rings (SSSR count). The second kappa shape index (κ2) is 8.35. The number of rotatable bonds is 4. The number of carbonyl (C=O) groups excluding carboxylic acids is 1. The van der Waals surface area contributed by atoms with Crippen molar-refractivity contribution < 1.29 is 4.79 Å². The molecule has 1 saturated heterocycles. The van der Waals surface area contributed by atoms with Crippen LogP contribution in [0.4, 0.5) is 5.82 Å². The van der Waals surface area contributed by atoms with Crippen molar-refractivity contribution in [3.63, 3.8) is 0 Å². The first kappa shape index (κ1) is 21.4. The average Bonchev–Trinajstić information content (AvgIpc) is 3.11. The Labute approximate surface area is 185 Å². The number of fused-ring (bicyclic) bond motifs is 1. The number of amides is 1. The van der Waals surface area contributed by atoms with Crippen molar-refractivity contribution in [2.24, 2.45) is 0 Å². The standard InChI is InChI=1S/C20H26ClN9O/c1-20(2,3)19-23-7-12-17(29-19)28-13(27-12)9-30-6-4-5-11(8-30)26-18(31)15-14(21)16(22)25-10-24-15/h7,10-11H,4-6,8-9H2,1-3H3,(H,26,31)(H2,22,24,25)(H,23,27,28,29). The molecular weight excluding hydrogens is 418 g/mol. The van der Waals surface area contributed by atoms with Gasteiger partial charge in [-0.1, -0.05) is 32.4 Å². The summed E-state index contributed by atoms with van der Waals surface area (Å²) >= 11 is 6.07. The molecule has 1 amide bonds. The van der Waals surface area contributed by atoms with Gasteiger partial charge >= 0.3 is 0 Å². The van der Waals surface area contributed by atoms with Gasteiger partial charge in [-0.2, -0.15) is 0 Å². The lowest BCUT2D eigenvalue weighted by molar-refractivity contribution is 0.0895. The Morgan fingerprint density at radius 1 is 1.32 bits per heavy atom. The summed E-state index contributed by atoms with van der Waals surface area (Å²) in [6.07, 6.45) is 4.86. The lowest BCUT2D eigenvalue weighted by Crippen LogP contribution is -2.47. The van der Waals surface area contributed by atoms with E-state index in [9.17, 15) is 4.79 Å². The number of nitrogens with one attached hydrogen (secondary N) is 2. The van der Waals surface area contributed by atoms with Crippen molar-refractivity contribution in [1.29, 1.82) is 0 Å². The van der Waals surface area contributed by atoms with E-state index in [4.69, 9.17) is 17.3 Å². The smallest absolute Gasteiger partial charge is 0.271 e. The van der Waals surface area contributed by atoms with Crippen molar-refractivity contribution in [1.82, 2.24) is 40.1 Å². The van der Waals surface area contributed by atoms with Gasteiger partial charge in [0, 0.05) is 18.0 Å². The van der Waals surface area contributed by atoms with Crippen LogP contribution in [0.2, 0.25) is 5.02 Å². The molecule has 11 heteroatoms. The van der Waals surface area contributed by atoms with Gasteiger partial charge in [-0.15, -0.1) is 0 Å². The summed E-state index contributed by atoms with van der Waals surface area (Å²) in [5.41, 5.74) is 7.13. The molecule has 0 saturated carbocycles. The SMILES string of the molecule is CC(C)(C)c1ncc2[nH]c(CN3CCCC(NC(=O)c4ncnc(N)c4Cl)C3)nc2n1. The molecule has 3 aromatic rings. The topological polar surface area (TPSA) is 139 Å².